The summed E-state index contributed by atoms with van der Waals surface area (Å²) in [6.45, 7) is 11.3. The Morgan fingerprint density at radius 1 is 1.35 bits per heavy atom. The summed E-state index contributed by atoms with van der Waals surface area (Å²) in [7, 11) is 0. The number of aryl methyl sites for hydroxylation is 1. The molecule has 1 aromatic rings. The van der Waals surface area contributed by atoms with Gasteiger partial charge in [-0.25, -0.2) is 0 Å². The molecule has 1 N–H and O–H groups in total. The minimum absolute atomic E-state index is 0.580. The monoisotopic (exact) mass is 338 g/mol. The molecule has 1 aliphatic rings. The summed E-state index contributed by atoms with van der Waals surface area (Å²) in [6.07, 6.45) is 2.50. The number of benzene rings is 1. The fourth-order valence-electron chi connectivity index (χ4n) is 3.15. The van der Waals surface area contributed by atoms with Gasteiger partial charge in [0, 0.05) is 35.3 Å². The first-order valence-electron chi connectivity index (χ1n) is 7.78. The second-order valence-corrected chi connectivity index (χ2v) is 7.26. The average molecular weight is 339 g/mol. The lowest BCUT2D eigenvalue weighted by Crippen LogP contribution is -2.58. The molecule has 0 radical (unpaired) electrons. The second kappa shape index (κ2) is 6.95. The van der Waals surface area contributed by atoms with E-state index in [9.17, 15) is 0 Å². The lowest BCUT2D eigenvalue weighted by atomic mass is 9.96. The molecule has 3 heteroatoms. The van der Waals surface area contributed by atoms with Gasteiger partial charge in [-0.15, -0.1) is 0 Å². The van der Waals surface area contributed by atoms with E-state index in [4.69, 9.17) is 0 Å². The molecule has 20 heavy (non-hydrogen) atoms. The summed E-state index contributed by atoms with van der Waals surface area (Å²) in [5.74, 6) is 0.657. The smallest absolute Gasteiger partial charge is 0.0438 e. The van der Waals surface area contributed by atoms with Crippen molar-refractivity contribution in [2.45, 2.75) is 52.6 Å². The lowest BCUT2D eigenvalue weighted by molar-refractivity contribution is 0.327. The van der Waals surface area contributed by atoms with Crippen LogP contribution in [0.25, 0.3) is 0 Å². The van der Waals surface area contributed by atoms with Gasteiger partial charge in [0.05, 0.1) is 0 Å². The van der Waals surface area contributed by atoms with Crippen molar-refractivity contribution in [3.8, 4) is 0 Å². The number of rotatable bonds is 4. The van der Waals surface area contributed by atoms with Gasteiger partial charge in [-0.2, -0.15) is 0 Å². The summed E-state index contributed by atoms with van der Waals surface area (Å²) < 4.78 is 1.18. The van der Waals surface area contributed by atoms with Gasteiger partial charge in [0.25, 0.3) is 0 Å². The normalized spacial score (nSPS) is 23.4. The molecule has 1 heterocycles. The molecule has 1 saturated heterocycles. The van der Waals surface area contributed by atoms with Crippen molar-refractivity contribution in [3.63, 3.8) is 0 Å². The number of halogens is 1. The zero-order chi connectivity index (χ0) is 14.7. The topological polar surface area (TPSA) is 15.3 Å². The molecule has 2 unspecified atom stereocenters. The minimum atomic E-state index is 0.580. The maximum Gasteiger partial charge on any atom is 0.0438 e. The van der Waals surface area contributed by atoms with Gasteiger partial charge in [0.2, 0.25) is 0 Å². The molecule has 1 fully saturated rings. The van der Waals surface area contributed by atoms with Crippen molar-refractivity contribution in [2.75, 3.05) is 18.0 Å². The Labute approximate surface area is 132 Å². The minimum Gasteiger partial charge on any atom is -0.365 e. The first-order valence-corrected chi connectivity index (χ1v) is 8.57. The summed E-state index contributed by atoms with van der Waals surface area (Å²) >= 11 is 3.64. The van der Waals surface area contributed by atoms with Crippen LogP contribution in [0.2, 0.25) is 0 Å². The fourth-order valence-corrected chi connectivity index (χ4v) is 3.75. The molecule has 0 saturated carbocycles. The lowest BCUT2D eigenvalue weighted by Gasteiger charge is -2.44. The van der Waals surface area contributed by atoms with Crippen molar-refractivity contribution in [3.05, 3.63) is 28.2 Å². The van der Waals surface area contributed by atoms with Crippen LogP contribution < -0.4 is 10.2 Å². The first kappa shape index (κ1) is 15.8. The molecule has 0 spiro atoms. The maximum absolute atomic E-state index is 3.73. The molecule has 0 aliphatic carbocycles. The van der Waals surface area contributed by atoms with Gasteiger partial charge in [-0.1, -0.05) is 43.1 Å². The summed E-state index contributed by atoms with van der Waals surface area (Å²) in [6, 6.07) is 7.95. The van der Waals surface area contributed by atoms with Crippen LogP contribution in [0.3, 0.4) is 0 Å². The van der Waals surface area contributed by atoms with Crippen LogP contribution in [-0.2, 0) is 0 Å². The standard InChI is InChI=1S/C17H27BrN2/c1-5-6-15-11-20(17(10-19-15)12(2)3)16-8-13(4)7-14(18)9-16/h7-9,12,15,17,19H,5-6,10-11H2,1-4H3. The number of hydrogen-bond donors (Lipinski definition) is 1. The van der Waals surface area contributed by atoms with Crippen molar-refractivity contribution < 1.29 is 0 Å². The van der Waals surface area contributed by atoms with E-state index in [0.717, 1.165) is 13.1 Å². The Morgan fingerprint density at radius 3 is 2.70 bits per heavy atom. The average Bonchev–Trinajstić information content (AvgIpc) is 2.37. The van der Waals surface area contributed by atoms with Crippen LogP contribution in [0.15, 0.2) is 22.7 Å². The largest absolute Gasteiger partial charge is 0.365 e. The van der Waals surface area contributed by atoms with Crippen molar-refractivity contribution in [1.29, 1.82) is 0 Å². The predicted octanol–water partition coefficient (Wildman–Crippen LogP) is 4.36. The van der Waals surface area contributed by atoms with Crippen LogP contribution in [-0.4, -0.2) is 25.2 Å². The van der Waals surface area contributed by atoms with Gasteiger partial charge in [0.15, 0.2) is 0 Å². The maximum atomic E-state index is 3.73. The Morgan fingerprint density at radius 2 is 2.10 bits per heavy atom. The van der Waals surface area contributed by atoms with Gasteiger partial charge in [0.1, 0.15) is 0 Å². The Balaban J connectivity index is 2.26. The summed E-state index contributed by atoms with van der Waals surface area (Å²) in [4.78, 5) is 2.61. The molecule has 1 aliphatic heterocycles. The Bertz CT molecular complexity index is 424. The second-order valence-electron chi connectivity index (χ2n) is 6.34. The molecule has 0 amide bonds. The highest BCUT2D eigenvalue weighted by atomic mass is 79.9. The van der Waals surface area contributed by atoms with Crippen LogP contribution in [0.5, 0.6) is 0 Å². The molecule has 112 valence electrons. The SMILES string of the molecule is CCCC1CN(c2cc(C)cc(Br)c2)C(C(C)C)CN1. The third-order valence-corrected chi connectivity index (χ3v) is 4.66. The highest BCUT2D eigenvalue weighted by Crippen LogP contribution is 2.28. The van der Waals surface area contributed by atoms with Crippen LogP contribution in [0.4, 0.5) is 5.69 Å². The van der Waals surface area contributed by atoms with E-state index >= 15 is 0 Å². The van der Waals surface area contributed by atoms with Crippen LogP contribution >= 0.6 is 15.9 Å². The molecule has 2 atom stereocenters. The third kappa shape index (κ3) is 3.76. The van der Waals surface area contributed by atoms with Gasteiger partial charge in [-0.05, 0) is 43.0 Å². The number of nitrogens with zero attached hydrogens (tertiary/aromatic N) is 1. The zero-order valence-corrected chi connectivity index (χ0v) is 14.7. The molecule has 2 rings (SSSR count). The van der Waals surface area contributed by atoms with E-state index in [1.807, 2.05) is 0 Å². The van der Waals surface area contributed by atoms with Gasteiger partial charge in [-0.3, -0.25) is 0 Å². The fraction of sp³-hybridized carbons (Fsp3) is 0.647. The van der Waals surface area contributed by atoms with Crippen molar-refractivity contribution >= 4 is 21.6 Å². The van der Waals surface area contributed by atoms with E-state index in [2.05, 4.69) is 72.0 Å². The predicted molar refractivity (Wildman–Crippen MR) is 91.5 cm³/mol. The molecule has 0 aromatic heterocycles. The van der Waals surface area contributed by atoms with Crippen molar-refractivity contribution in [2.24, 2.45) is 5.92 Å². The Hall–Kier alpha value is -0.540. The molecular weight excluding hydrogens is 312 g/mol. The molecule has 0 bridgehead atoms. The number of hydrogen-bond acceptors (Lipinski definition) is 2. The molecular formula is C17H27BrN2. The van der Waals surface area contributed by atoms with Gasteiger partial charge < -0.3 is 10.2 Å². The van der Waals surface area contributed by atoms with E-state index in [-0.39, 0.29) is 0 Å². The summed E-state index contributed by atoms with van der Waals surface area (Å²) in [5, 5.41) is 3.73. The first-order chi connectivity index (χ1) is 9.51. The molecule has 1 aromatic carbocycles. The molecule has 2 nitrogen and oxygen atoms in total. The number of piperazine rings is 1. The highest BCUT2D eigenvalue weighted by molar-refractivity contribution is 9.10. The number of anilines is 1. The van der Waals surface area contributed by atoms with Crippen molar-refractivity contribution in [1.82, 2.24) is 5.32 Å². The highest BCUT2D eigenvalue weighted by Gasteiger charge is 2.29. The Kier molecular flexibility index (Phi) is 5.50. The van der Waals surface area contributed by atoms with Gasteiger partial charge >= 0.3 is 0 Å². The number of nitrogens with one attached hydrogen (secondary N) is 1. The van der Waals surface area contributed by atoms with Crippen LogP contribution in [0.1, 0.15) is 39.2 Å². The zero-order valence-electron chi connectivity index (χ0n) is 13.1. The quantitative estimate of drug-likeness (QED) is 0.877. The van der Waals surface area contributed by atoms with E-state index < -0.39 is 0 Å². The third-order valence-electron chi connectivity index (χ3n) is 4.20. The van der Waals surface area contributed by atoms with E-state index in [1.165, 1.54) is 28.6 Å². The van der Waals surface area contributed by atoms with Crippen LogP contribution in [0, 0.1) is 12.8 Å². The van der Waals surface area contributed by atoms with E-state index in [1.54, 1.807) is 0 Å². The van der Waals surface area contributed by atoms with E-state index in [0.29, 0.717) is 18.0 Å². The summed E-state index contributed by atoms with van der Waals surface area (Å²) in [5.41, 5.74) is 2.68.